The fourth-order valence-corrected chi connectivity index (χ4v) is 5.35. The van der Waals surface area contributed by atoms with Gasteiger partial charge in [-0.05, 0) is 34.4 Å². The van der Waals surface area contributed by atoms with Crippen molar-refractivity contribution in [3.63, 3.8) is 0 Å². The molecule has 7 heteroatoms. The van der Waals surface area contributed by atoms with Crippen LogP contribution < -0.4 is 14.8 Å². The summed E-state index contributed by atoms with van der Waals surface area (Å²) in [5.74, 6) is 0.411. The molecule has 0 radical (unpaired) electrons. The van der Waals surface area contributed by atoms with Gasteiger partial charge in [-0.15, -0.1) is 0 Å². The van der Waals surface area contributed by atoms with Crippen molar-refractivity contribution < 1.29 is 28.8 Å². The van der Waals surface area contributed by atoms with Crippen molar-refractivity contribution >= 4 is 5.97 Å². The first-order valence-electron chi connectivity index (χ1n) is 12.2. The van der Waals surface area contributed by atoms with E-state index in [1.165, 1.54) is 5.56 Å². The van der Waals surface area contributed by atoms with Crippen LogP contribution >= 0.6 is 0 Å². The monoisotopic (exact) mass is 487 g/mol. The minimum absolute atomic E-state index is 0.187. The molecule has 2 saturated heterocycles. The quantitative estimate of drug-likeness (QED) is 0.446. The first-order valence-corrected chi connectivity index (χ1v) is 12.2. The second kappa shape index (κ2) is 8.92. The van der Waals surface area contributed by atoms with E-state index >= 15 is 0 Å². The Kier molecular flexibility index (Phi) is 5.71. The van der Waals surface area contributed by atoms with Crippen LogP contribution in [-0.2, 0) is 32.5 Å². The van der Waals surface area contributed by atoms with Crippen LogP contribution in [0.2, 0.25) is 0 Å². The third-order valence-corrected chi connectivity index (χ3v) is 7.59. The SMILES string of the molecule is COc1ccc(C2OC2NC2(C(=O)O)Cc3ccccc3C2)cc1OCC1(c2ccccc2)COC1. The molecule has 3 aromatic carbocycles. The van der Waals surface area contributed by atoms with Crippen LogP contribution in [0.5, 0.6) is 11.5 Å². The zero-order valence-corrected chi connectivity index (χ0v) is 20.1. The van der Waals surface area contributed by atoms with Gasteiger partial charge in [0.25, 0.3) is 0 Å². The van der Waals surface area contributed by atoms with Gasteiger partial charge < -0.3 is 24.1 Å². The van der Waals surface area contributed by atoms with Crippen molar-refractivity contribution in [1.29, 1.82) is 0 Å². The Hall–Kier alpha value is -3.39. The number of carbonyl (C=O) groups is 1. The fourth-order valence-electron chi connectivity index (χ4n) is 5.35. The number of epoxide rings is 1. The fraction of sp³-hybridized carbons (Fsp3) is 0.345. The van der Waals surface area contributed by atoms with E-state index in [0.717, 1.165) is 16.7 Å². The molecule has 7 nitrogen and oxygen atoms in total. The maximum atomic E-state index is 12.3. The lowest BCUT2D eigenvalue weighted by Gasteiger charge is -2.41. The third-order valence-electron chi connectivity index (χ3n) is 7.59. The molecule has 2 fully saturated rings. The van der Waals surface area contributed by atoms with Crippen LogP contribution in [0.1, 0.15) is 28.4 Å². The second-order valence-electron chi connectivity index (χ2n) is 9.97. The Morgan fingerprint density at radius 1 is 1.00 bits per heavy atom. The van der Waals surface area contributed by atoms with E-state index in [1.54, 1.807) is 7.11 Å². The molecular weight excluding hydrogens is 458 g/mol. The minimum Gasteiger partial charge on any atom is -0.493 e. The molecule has 2 N–H and O–H groups in total. The van der Waals surface area contributed by atoms with Gasteiger partial charge in [0, 0.05) is 12.8 Å². The Morgan fingerprint density at radius 3 is 2.31 bits per heavy atom. The highest BCUT2D eigenvalue weighted by Crippen LogP contribution is 2.44. The average Bonchev–Trinajstić information content (AvgIpc) is 3.52. The predicted octanol–water partition coefficient (Wildman–Crippen LogP) is 3.65. The zero-order valence-electron chi connectivity index (χ0n) is 20.1. The lowest BCUT2D eigenvalue weighted by atomic mass is 9.79. The number of rotatable bonds is 9. The number of carboxylic acids is 1. The Balaban J connectivity index is 1.17. The minimum atomic E-state index is -1.07. The van der Waals surface area contributed by atoms with E-state index < -0.39 is 11.5 Å². The number of hydrogen-bond acceptors (Lipinski definition) is 6. The third kappa shape index (κ3) is 4.03. The van der Waals surface area contributed by atoms with Gasteiger partial charge >= 0.3 is 5.97 Å². The number of nitrogens with one attached hydrogen (secondary N) is 1. The molecule has 0 amide bonds. The van der Waals surface area contributed by atoms with Crippen molar-refractivity contribution in [2.75, 3.05) is 26.9 Å². The van der Waals surface area contributed by atoms with Gasteiger partial charge in [0.05, 0.1) is 25.7 Å². The maximum absolute atomic E-state index is 12.3. The normalized spacial score (nSPS) is 22.8. The van der Waals surface area contributed by atoms with E-state index in [1.807, 2.05) is 60.7 Å². The number of fused-ring (bicyclic) bond motifs is 1. The van der Waals surface area contributed by atoms with Crippen LogP contribution in [0, 0.1) is 0 Å². The summed E-state index contributed by atoms with van der Waals surface area (Å²) in [6.07, 6.45) is 0.234. The summed E-state index contributed by atoms with van der Waals surface area (Å²) in [6.45, 7) is 1.68. The number of aliphatic carboxylic acids is 1. The second-order valence-corrected chi connectivity index (χ2v) is 9.97. The Bertz CT molecular complexity index is 1250. The molecule has 0 bridgehead atoms. The molecule has 0 spiro atoms. The highest BCUT2D eigenvalue weighted by Gasteiger charge is 2.52. The van der Waals surface area contributed by atoms with E-state index in [2.05, 4.69) is 17.4 Å². The smallest absolute Gasteiger partial charge is 0.324 e. The molecule has 2 heterocycles. The van der Waals surface area contributed by atoms with E-state index in [9.17, 15) is 9.90 Å². The topological polar surface area (TPSA) is 89.6 Å². The summed E-state index contributed by atoms with van der Waals surface area (Å²) < 4.78 is 23.3. The average molecular weight is 488 g/mol. The summed E-state index contributed by atoms with van der Waals surface area (Å²) in [5.41, 5.74) is 2.99. The number of hydrogen-bond donors (Lipinski definition) is 2. The van der Waals surface area contributed by atoms with Gasteiger partial charge in [-0.3, -0.25) is 10.1 Å². The number of ether oxygens (including phenoxy) is 4. The summed E-state index contributed by atoms with van der Waals surface area (Å²) >= 11 is 0. The zero-order chi connectivity index (χ0) is 24.8. The molecule has 186 valence electrons. The molecule has 1 aliphatic carbocycles. The molecule has 2 aliphatic heterocycles. The lowest BCUT2D eigenvalue weighted by molar-refractivity contribution is -0.144. The lowest BCUT2D eigenvalue weighted by Crippen LogP contribution is -2.54. The summed E-state index contributed by atoms with van der Waals surface area (Å²) in [5, 5.41) is 13.4. The Morgan fingerprint density at radius 2 is 1.69 bits per heavy atom. The van der Waals surface area contributed by atoms with Gasteiger partial charge in [-0.1, -0.05) is 60.7 Å². The van der Waals surface area contributed by atoms with Crippen molar-refractivity contribution in [2.45, 2.75) is 36.1 Å². The number of methoxy groups -OCH3 is 1. The van der Waals surface area contributed by atoms with Crippen LogP contribution in [0.25, 0.3) is 0 Å². The first kappa shape index (κ1) is 23.0. The van der Waals surface area contributed by atoms with Gasteiger partial charge in [-0.2, -0.15) is 0 Å². The van der Waals surface area contributed by atoms with Crippen molar-refractivity contribution in [1.82, 2.24) is 5.32 Å². The molecule has 0 aromatic heterocycles. The van der Waals surface area contributed by atoms with E-state index in [4.69, 9.17) is 18.9 Å². The first-order chi connectivity index (χ1) is 17.5. The predicted molar refractivity (Wildman–Crippen MR) is 132 cm³/mol. The summed E-state index contributed by atoms with van der Waals surface area (Å²) in [6, 6.07) is 23.9. The Labute approximate surface area is 210 Å². The summed E-state index contributed by atoms with van der Waals surface area (Å²) in [7, 11) is 1.62. The largest absolute Gasteiger partial charge is 0.493 e. The van der Waals surface area contributed by atoms with Crippen molar-refractivity contribution in [2.24, 2.45) is 0 Å². The molecule has 2 unspecified atom stereocenters. The standard InChI is InChI=1S/C29H29NO6/c1-33-23-12-11-19(13-24(23)35-18-28(16-34-17-28)22-9-3-2-4-10-22)25-26(36-25)30-29(27(31)32)14-20-7-5-6-8-21(20)15-29/h2-13,25-26,30H,14-18H2,1H3,(H,31,32). The number of benzene rings is 3. The van der Waals surface area contributed by atoms with Gasteiger partial charge in [0.2, 0.25) is 0 Å². The highest BCUT2D eigenvalue weighted by atomic mass is 16.6. The summed E-state index contributed by atoms with van der Waals surface area (Å²) in [4.78, 5) is 12.3. The van der Waals surface area contributed by atoms with E-state index in [0.29, 0.717) is 44.2 Å². The van der Waals surface area contributed by atoms with Crippen LogP contribution in [-0.4, -0.2) is 49.8 Å². The molecule has 2 atom stereocenters. The van der Waals surface area contributed by atoms with Crippen molar-refractivity contribution in [3.05, 3.63) is 95.1 Å². The van der Waals surface area contributed by atoms with Crippen LogP contribution in [0.15, 0.2) is 72.8 Å². The maximum Gasteiger partial charge on any atom is 0.324 e. The molecule has 3 aliphatic rings. The molecule has 6 rings (SSSR count). The van der Waals surface area contributed by atoms with Crippen LogP contribution in [0.4, 0.5) is 0 Å². The van der Waals surface area contributed by atoms with Gasteiger partial charge in [-0.25, -0.2) is 0 Å². The molecular formula is C29H29NO6. The van der Waals surface area contributed by atoms with Gasteiger partial charge in [0.15, 0.2) is 11.5 Å². The highest BCUT2D eigenvalue weighted by molar-refractivity contribution is 5.81. The van der Waals surface area contributed by atoms with Crippen LogP contribution in [0.3, 0.4) is 0 Å². The van der Waals surface area contributed by atoms with Crippen molar-refractivity contribution in [3.8, 4) is 11.5 Å². The van der Waals surface area contributed by atoms with Gasteiger partial charge in [0.1, 0.15) is 24.5 Å². The molecule has 3 aromatic rings. The molecule has 36 heavy (non-hydrogen) atoms. The molecule has 0 saturated carbocycles. The number of carboxylic acid groups (broad SMARTS) is 1. The van der Waals surface area contributed by atoms with E-state index in [-0.39, 0.29) is 17.7 Å².